The average molecular weight is 368 g/mol. The Morgan fingerprint density at radius 1 is 1.21 bits per heavy atom. The first-order valence-corrected chi connectivity index (χ1v) is 7.88. The van der Waals surface area contributed by atoms with E-state index in [1.54, 1.807) is 0 Å². The highest BCUT2D eigenvalue weighted by Crippen LogP contribution is 2.34. The van der Waals surface area contributed by atoms with Gasteiger partial charge >= 0.3 is 5.97 Å². The molecule has 0 bridgehead atoms. The molecule has 1 aliphatic heterocycles. The molecule has 6 heteroatoms. The van der Waals surface area contributed by atoms with E-state index in [9.17, 15) is 4.79 Å². The Labute approximate surface area is 152 Å². The van der Waals surface area contributed by atoms with E-state index in [1.165, 1.54) is 7.11 Å². The molecule has 1 N–H and O–H groups in total. The summed E-state index contributed by atoms with van der Waals surface area (Å²) in [6.45, 7) is 0.608. The molecule has 2 unspecified atom stereocenters. The van der Waals surface area contributed by atoms with Gasteiger partial charge in [-0.2, -0.15) is 0 Å². The van der Waals surface area contributed by atoms with Crippen LogP contribution in [0, 0.1) is 0 Å². The van der Waals surface area contributed by atoms with Gasteiger partial charge in [0.1, 0.15) is 17.9 Å². The molecule has 0 saturated carbocycles. The molecule has 0 aromatic heterocycles. The molecule has 0 aliphatic carbocycles. The molecular formula is C18H19Cl2NO3. The maximum absolute atomic E-state index is 11.6. The van der Waals surface area contributed by atoms with Crippen LogP contribution in [0.3, 0.4) is 0 Å². The second kappa shape index (κ2) is 8.38. The Kier molecular flexibility index (Phi) is 6.49. The number of esters is 1. The summed E-state index contributed by atoms with van der Waals surface area (Å²) < 4.78 is 10.9. The van der Waals surface area contributed by atoms with E-state index in [4.69, 9.17) is 21.1 Å². The van der Waals surface area contributed by atoms with Gasteiger partial charge in [0.2, 0.25) is 0 Å². The maximum Gasteiger partial charge on any atom is 0.323 e. The number of hydrogen-bond donors (Lipinski definition) is 1. The monoisotopic (exact) mass is 367 g/mol. The molecule has 2 atom stereocenters. The van der Waals surface area contributed by atoms with E-state index >= 15 is 0 Å². The predicted molar refractivity (Wildman–Crippen MR) is 97.0 cm³/mol. The molecule has 1 heterocycles. The van der Waals surface area contributed by atoms with E-state index in [0.717, 1.165) is 16.9 Å². The number of methoxy groups -OCH3 is 1. The maximum atomic E-state index is 11.6. The fourth-order valence-electron chi connectivity index (χ4n) is 2.74. The van der Waals surface area contributed by atoms with Gasteiger partial charge in [-0.05, 0) is 23.8 Å². The number of nitrogens with one attached hydrogen (secondary N) is 1. The molecule has 0 spiro atoms. The standard InChI is InChI=1S/C18H18ClNO3.ClH/c1-22-18(21)16-10-14(11-20-16)23-17-8-7-13(19)9-15(17)12-5-3-2-4-6-12;/h2-9,14,16,20H,10-11H2,1H3;1H. The normalized spacial score (nSPS) is 19.4. The van der Waals surface area contributed by atoms with Gasteiger partial charge in [-0.15, -0.1) is 12.4 Å². The Hall–Kier alpha value is -1.75. The first-order valence-electron chi connectivity index (χ1n) is 7.50. The number of carbonyl (C=O) groups excluding carboxylic acids is 1. The number of rotatable bonds is 4. The van der Waals surface area contributed by atoms with E-state index in [0.29, 0.717) is 18.0 Å². The fourth-order valence-corrected chi connectivity index (χ4v) is 2.91. The van der Waals surface area contributed by atoms with Crippen LogP contribution in [0.5, 0.6) is 5.75 Å². The van der Waals surface area contributed by atoms with Crippen LogP contribution in [0.4, 0.5) is 0 Å². The summed E-state index contributed by atoms with van der Waals surface area (Å²) in [4.78, 5) is 11.6. The largest absolute Gasteiger partial charge is 0.488 e. The molecule has 2 aromatic carbocycles. The van der Waals surface area contributed by atoms with Crippen molar-refractivity contribution in [3.8, 4) is 16.9 Å². The van der Waals surface area contributed by atoms with Crippen molar-refractivity contribution in [3.63, 3.8) is 0 Å². The van der Waals surface area contributed by atoms with Gasteiger partial charge in [0.05, 0.1) is 7.11 Å². The van der Waals surface area contributed by atoms with Crippen molar-refractivity contribution in [2.24, 2.45) is 0 Å². The molecule has 1 saturated heterocycles. The molecule has 0 radical (unpaired) electrons. The van der Waals surface area contributed by atoms with Gasteiger partial charge in [0.25, 0.3) is 0 Å². The fraction of sp³-hybridized carbons (Fsp3) is 0.278. The zero-order valence-corrected chi connectivity index (χ0v) is 14.8. The highest BCUT2D eigenvalue weighted by Gasteiger charge is 2.31. The highest BCUT2D eigenvalue weighted by molar-refractivity contribution is 6.31. The number of carbonyl (C=O) groups is 1. The molecular weight excluding hydrogens is 349 g/mol. The molecule has 128 valence electrons. The number of halogens is 2. The van der Waals surface area contributed by atoms with Crippen molar-refractivity contribution in [1.82, 2.24) is 5.32 Å². The van der Waals surface area contributed by atoms with Crippen LogP contribution in [0.2, 0.25) is 5.02 Å². The van der Waals surface area contributed by atoms with Crippen molar-refractivity contribution >= 4 is 30.0 Å². The van der Waals surface area contributed by atoms with Crippen LogP contribution >= 0.6 is 24.0 Å². The zero-order valence-electron chi connectivity index (χ0n) is 13.2. The minimum absolute atomic E-state index is 0. The van der Waals surface area contributed by atoms with Crippen molar-refractivity contribution in [3.05, 3.63) is 53.6 Å². The molecule has 4 nitrogen and oxygen atoms in total. The summed E-state index contributed by atoms with van der Waals surface area (Å²) in [7, 11) is 1.39. The average Bonchev–Trinajstić information content (AvgIpc) is 3.05. The quantitative estimate of drug-likeness (QED) is 0.836. The lowest BCUT2D eigenvalue weighted by Crippen LogP contribution is -2.31. The summed E-state index contributed by atoms with van der Waals surface area (Å²) in [5, 5.41) is 3.78. The third-order valence-corrected chi connectivity index (χ3v) is 4.13. The first-order chi connectivity index (χ1) is 11.2. The van der Waals surface area contributed by atoms with Gasteiger partial charge in [0.15, 0.2) is 0 Å². The lowest BCUT2D eigenvalue weighted by atomic mass is 10.0. The Morgan fingerprint density at radius 2 is 1.96 bits per heavy atom. The van der Waals surface area contributed by atoms with Crippen LogP contribution in [-0.4, -0.2) is 31.8 Å². The van der Waals surface area contributed by atoms with Crippen molar-refractivity contribution < 1.29 is 14.3 Å². The van der Waals surface area contributed by atoms with E-state index in [1.807, 2.05) is 48.5 Å². The van der Waals surface area contributed by atoms with Crippen LogP contribution in [0.1, 0.15) is 6.42 Å². The Morgan fingerprint density at radius 3 is 2.67 bits per heavy atom. The third-order valence-electron chi connectivity index (χ3n) is 3.90. The third kappa shape index (κ3) is 4.20. The van der Waals surface area contributed by atoms with Gasteiger partial charge in [0, 0.05) is 23.6 Å². The SMILES string of the molecule is COC(=O)C1CC(Oc2ccc(Cl)cc2-c2ccccc2)CN1.Cl. The van der Waals surface area contributed by atoms with Gasteiger partial charge in [-0.25, -0.2) is 0 Å². The zero-order chi connectivity index (χ0) is 16.2. The van der Waals surface area contributed by atoms with Gasteiger partial charge in [-0.1, -0.05) is 41.9 Å². The molecule has 3 rings (SSSR count). The number of benzene rings is 2. The molecule has 1 fully saturated rings. The van der Waals surface area contributed by atoms with Crippen LogP contribution in [0.15, 0.2) is 48.5 Å². The highest BCUT2D eigenvalue weighted by atomic mass is 35.5. The van der Waals surface area contributed by atoms with Crippen molar-refractivity contribution in [2.45, 2.75) is 18.6 Å². The Bertz CT molecular complexity index is 694. The molecule has 0 amide bonds. The summed E-state index contributed by atoms with van der Waals surface area (Å²) in [5.74, 6) is 0.508. The van der Waals surface area contributed by atoms with Crippen LogP contribution in [0.25, 0.3) is 11.1 Å². The smallest absolute Gasteiger partial charge is 0.323 e. The summed E-state index contributed by atoms with van der Waals surface area (Å²) in [6, 6.07) is 15.2. The molecule has 1 aliphatic rings. The van der Waals surface area contributed by atoms with E-state index in [2.05, 4.69) is 5.32 Å². The Balaban J connectivity index is 0.00000208. The van der Waals surface area contributed by atoms with Gasteiger partial charge < -0.3 is 14.8 Å². The van der Waals surface area contributed by atoms with E-state index < -0.39 is 0 Å². The van der Waals surface area contributed by atoms with E-state index in [-0.39, 0.29) is 30.5 Å². The number of hydrogen-bond acceptors (Lipinski definition) is 4. The first kappa shape index (κ1) is 18.6. The second-order valence-electron chi connectivity index (χ2n) is 5.47. The lowest BCUT2D eigenvalue weighted by Gasteiger charge is -2.17. The topological polar surface area (TPSA) is 47.6 Å². The van der Waals surface area contributed by atoms with Crippen LogP contribution in [-0.2, 0) is 9.53 Å². The molecule has 2 aromatic rings. The number of ether oxygens (including phenoxy) is 2. The summed E-state index contributed by atoms with van der Waals surface area (Å²) in [6.07, 6.45) is 0.506. The second-order valence-corrected chi connectivity index (χ2v) is 5.90. The summed E-state index contributed by atoms with van der Waals surface area (Å²) >= 11 is 6.14. The lowest BCUT2D eigenvalue weighted by molar-refractivity contribution is -0.142. The molecule has 24 heavy (non-hydrogen) atoms. The predicted octanol–water partition coefficient (Wildman–Crippen LogP) is 3.71. The van der Waals surface area contributed by atoms with Crippen molar-refractivity contribution in [1.29, 1.82) is 0 Å². The van der Waals surface area contributed by atoms with Gasteiger partial charge in [-0.3, -0.25) is 4.79 Å². The minimum Gasteiger partial charge on any atom is -0.488 e. The summed E-state index contributed by atoms with van der Waals surface area (Å²) in [5.41, 5.74) is 1.99. The van der Waals surface area contributed by atoms with Crippen LogP contribution < -0.4 is 10.1 Å². The minimum atomic E-state index is -0.308. The van der Waals surface area contributed by atoms with Crippen molar-refractivity contribution in [2.75, 3.05) is 13.7 Å².